The van der Waals surface area contributed by atoms with Crippen molar-refractivity contribution in [3.8, 4) is 0 Å². The molecule has 1 saturated heterocycles. The van der Waals surface area contributed by atoms with Gasteiger partial charge in [-0.3, -0.25) is 0 Å². The molecule has 2 nitrogen and oxygen atoms in total. The average molecular weight is 178 g/mol. The molecule has 2 heterocycles. The van der Waals surface area contributed by atoms with Gasteiger partial charge in [0.2, 0.25) is 0 Å². The molecule has 0 bridgehead atoms. The van der Waals surface area contributed by atoms with Crippen molar-refractivity contribution in [2.75, 3.05) is 13.1 Å². The van der Waals surface area contributed by atoms with Crippen molar-refractivity contribution < 1.29 is 0 Å². The summed E-state index contributed by atoms with van der Waals surface area (Å²) in [5, 5.41) is 3.42. The standard InChI is InChI=1S/C11H18N2/c1-8-6-11(9(2)13(8)3)10-4-5-12-7-10/h6,10,12H,4-5,7H2,1-3H3. The van der Waals surface area contributed by atoms with Crippen molar-refractivity contribution in [2.45, 2.75) is 26.2 Å². The lowest BCUT2D eigenvalue weighted by Gasteiger charge is -2.08. The van der Waals surface area contributed by atoms with Gasteiger partial charge in [0.15, 0.2) is 0 Å². The Morgan fingerprint density at radius 3 is 2.69 bits per heavy atom. The Morgan fingerprint density at radius 1 is 1.46 bits per heavy atom. The van der Waals surface area contributed by atoms with Crippen molar-refractivity contribution in [3.05, 3.63) is 23.0 Å². The fraction of sp³-hybridized carbons (Fsp3) is 0.636. The molecule has 0 amide bonds. The first-order valence-corrected chi connectivity index (χ1v) is 5.03. The molecule has 1 aliphatic heterocycles. The highest BCUT2D eigenvalue weighted by Crippen LogP contribution is 2.27. The van der Waals surface area contributed by atoms with Gasteiger partial charge in [0, 0.05) is 25.0 Å². The molecule has 1 aromatic rings. The molecule has 0 spiro atoms. The zero-order valence-corrected chi connectivity index (χ0v) is 8.72. The number of aryl methyl sites for hydroxylation is 1. The minimum Gasteiger partial charge on any atom is -0.352 e. The number of rotatable bonds is 1. The Hall–Kier alpha value is -0.760. The van der Waals surface area contributed by atoms with Crippen LogP contribution in [0.15, 0.2) is 6.07 Å². The summed E-state index contributed by atoms with van der Waals surface area (Å²) in [6.45, 7) is 6.74. The van der Waals surface area contributed by atoms with E-state index in [0.717, 1.165) is 12.5 Å². The molecule has 0 aliphatic carbocycles. The third kappa shape index (κ3) is 1.39. The van der Waals surface area contributed by atoms with Crippen LogP contribution in [0.5, 0.6) is 0 Å². The van der Waals surface area contributed by atoms with Gasteiger partial charge in [-0.1, -0.05) is 0 Å². The van der Waals surface area contributed by atoms with Crippen molar-refractivity contribution in [1.82, 2.24) is 9.88 Å². The monoisotopic (exact) mass is 178 g/mol. The highest BCUT2D eigenvalue weighted by atomic mass is 15.0. The van der Waals surface area contributed by atoms with Crippen LogP contribution < -0.4 is 5.32 Å². The quantitative estimate of drug-likeness (QED) is 0.693. The summed E-state index contributed by atoms with van der Waals surface area (Å²) in [6.07, 6.45) is 1.30. The molecule has 1 aromatic heterocycles. The number of nitrogens with one attached hydrogen (secondary N) is 1. The lowest BCUT2D eigenvalue weighted by molar-refractivity contribution is 0.744. The summed E-state index contributed by atoms with van der Waals surface area (Å²) in [6, 6.07) is 2.34. The second-order valence-electron chi connectivity index (χ2n) is 4.08. The molecular formula is C11H18N2. The highest BCUT2D eigenvalue weighted by Gasteiger charge is 2.20. The van der Waals surface area contributed by atoms with E-state index >= 15 is 0 Å². The van der Waals surface area contributed by atoms with Crippen molar-refractivity contribution in [2.24, 2.45) is 7.05 Å². The maximum absolute atomic E-state index is 3.42. The van der Waals surface area contributed by atoms with Gasteiger partial charge in [-0.25, -0.2) is 0 Å². The first-order valence-electron chi connectivity index (χ1n) is 5.03. The van der Waals surface area contributed by atoms with Crippen LogP contribution in [-0.2, 0) is 7.05 Å². The fourth-order valence-corrected chi connectivity index (χ4v) is 2.22. The van der Waals surface area contributed by atoms with E-state index in [1.54, 1.807) is 5.56 Å². The molecule has 0 radical (unpaired) electrons. The molecule has 2 rings (SSSR count). The summed E-state index contributed by atoms with van der Waals surface area (Å²) < 4.78 is 2.29. The molecule has 72 valence electrons. The SMILES string of the molecule is Cc1cc(C2CCNC2)c(C)n1C. The Kier molecular flexibility index (Phi) is 2.16. The third-order valence-electron chi connectivity index (χ3n) is 3.31. The first kappa shape index (κ1) is 8.82. The molecule has 0 aromatic carbocycles. The number of nitrogens with zero attached hydrogens (tertiary/aromatic N) is 1. The Morgan fingerprint density at radius 2 is 2.23 bits per heavy atom. The largest absolute Gasteiger partial charge is 0.352 e. The predicted octanol–water partition coefficient (Wildman–Crippen LogP) is 1.72. The van der Waals surface area contributed by atoms with Gasteiger partial charge in [-0.15, -0.1) is 0 Å². The second kappa shape index (κ2) is 3.18. The Bertz CT molecular complexity index is 306. The van der Waals surface area contributed by atoms with E-state index in [0.29, 0.717) is 0 Å². The van der Waals surface area contributed by atoms with Gasteiger partial charge in [0.05, 0.1) is 0 Å². The van der Waals surface area contributed by atoms with Crippen LogP contribution in [0.4, 0.5) is 0 Å². The summed E-state index contributed by atoms with van der Waals surface area (Å²) >= 11 is 0. The van der Waals surface area contributed by atoms with Crippen LogP contribution in [0.2, 0.25) is 0 Å². The molecule has 0 saturated carbocycles. The minimum absolute atomic E-state index is 0.750. The van der Waals surface area contributed by atoms with Crippen molar-refractivity contribution >= 4 is 0 Å². The smallest absolute Gasteiger partial charge is 0.0178 e. The molecule has 13 heavy (non-hydrogen) atoms. The Balaban J connectivity index is 2.34. The topological polar surface area (TPSA) is 17.0 Å². The maximum atomic E-state index is 3.42. The lowest BCUT2D eigenvalue weighted by atomic mass is 9.99. The Labute approximate surface area is 79.9 Å². The van der Waals surface area contributed by atoms with Crippen molar-refractivity contribution in [1.29, 1.82) is 0 Å². The third-order valence-corrected chi connectivity index (χ3v) is 3.31. The van der Waals surface area contributed by atoms with E-state index in [-0.39, 0.29) is 0 Å². The molecule has 1 atom stereocenters. The van der Waals surface area contributed by atoms with E-state index in [4.69, 9.17) is 0 Å². The fourth-order valence-electron chi connectivity index (χ4n) is 2.22. The van der Waals surface area contributed by atoms with Crippen LogP contribution in [0.1, 0.15) is 29.3 Å². The number of hydrogen-bond acceptors (Lipinski definition) is 1. The lowest BCUT2D eigenvalue weighted by Crippen LogP contribution is -2.08. The van der Waals surface area contributed by atoms with Gasteiger partial charge in [-0.05, 0) is 44.4 Å². The normalized spacial score (nSPS) is 22.5. The van der Waals surface area contributed by atoms with E-state index in [1.807, 2.05) is 0 Å². The average Bonchev–Trinajstić information content (AvgIpc) is 2.70. The first-order chi connectivity index (χ1) is 6.20. The van der Waals surface area contributed by atoms with Crippen LogP contribution in [0, 0.1) is 13.8 Å². The molecule has 1 N–H and O–H groups in total. The van der Waals surface area contributed by atoms with Gasteiger partial charge >= 0.3 is 0 Å². The van der Waals surface area contributed by atoms with Gasteiger partial charge in [-0.2, -0.15) is 0 Å². The van der Waals surface area contributed by atoms with E-state index in [1.165, 1.54) is 24.4 Å². The summed E-state index contributed by atoms with van der Waals surface area (Å²) in [5.41, 5.74) is 4.36. The van der Waals surface area contributed by atoms with Crippen LogP contribution >= 0.6 is 0 Å². The number of aromatic nitrogens is 1. The molecular weight excluding hydrogens is 160 g/mol. The maximum Gasteiger partial charge on any atom is 0.0178 e. The summed E-state index contributed by atoms with van der Waals surface area (Å²) in [4.78, 5) is 0. The molecule has 1 aliphatic rings. The molecule has 1 unspecified atom stereocenters. The van der Waals surface area contributed by atoms with E-state index < -0.39 is 0 Å². The summed E-state index contributed by atoms with van der Waals surface area (Å²) in [7, 11) is 2.15. The molecule has 1 fully saturated rings. The predicted molar refractivity (Wildman–Crippen MR) is 55.1 cm³/mol. The van der Waals surface area contributed by atoms with Crippen molar-refractivity contribution in [3.63, 3.8) is 0 Å². The van der Waals surface area contributed by atoms with Gasteiger partial charge in [0.1, 0.15) is 0 Å². The second-order valence-corrected chi connectivity index (χ2v) is 4.08. The zero-order valence-electron chi connectivity index (χ0n) is 8.72. The van der Waals surface area contributed by atoms with Crippen LogP contribution in [0.25, 0.3) is 0 Å². The molecule has 2 heteroatoms. The number of hydrogen-bond donors (Lipinski definition) is 1. The van der Waals surface area contributed by atoms with Gasteiger partial charge in [0.25, 0.3) is 0 Å². The highest BCUT2D eigenvalue weighted by molar-refractivity contribution is 5.30. The summed E-state index contributed by atoms with van der Waals surface area (Å²) in [5.74, 6) is 0.750. The van der Waals surface area contributed by atoms with Gasteiger partial charge < -0.3 is 9.88 Å². The minimum atomic E-state index is 0.750. The van der Waals surface area contributed by atoms with E-state index in [9.17, 15) is 0 Å². The van der Waals surface area contributed by atoms with Crippen LogP contribution in [-0.4, -0.2) is 17.7 Å². The van der Waals surface area contributed by atoms with Crippen LogP contribution in [0.3, 0.4) is 0 Å². The zero-order chi connectivity index (χ0) is 9.42. The van der Waals surface area contributed by atoms with E-state index in [2.05, 4.69) is 36.8 Å².